The van der Waals surface area contributed by atoms with Crippen LogP contribution in [0.2, 0.25) is 0 Å². The average molecular weight is 457 g/mol. The summed E-state index contributed by atoms with van der Waals surface area (Å²) in [6.45, 7) is 0.985. The number of thioether (sulfide) groups is 1. The lowest BCUT2D eigenvalue weighted by molar-refractivity contribution is -0.118. The molecule has 0 atom stereocenters. The van der Waals surface area contributed by atoms with Crippen molar-refractivity contribution in [2.45, 2.75) is 18.2 Å². The van der Waals surface area contributed by atoms with Crippen molar-refractivity contribution >= 4 is 23.6 Å². The van der Waals surface area contributed by atoms with Crippen molar-refractivity contribution in [3.8, 4) is 5.69 Å². The van der Waals surface area contributed by atoms with E-state index in [1.165, 1.54) is 11.8 Å². The highest BCUT2D eigenvalue weighted by Crippen LogP contribution is 2.20. The maximum Gasteiger partial charge on any atom is 0.251 e. The number of nitrogens with zero attached hydrogens (tertiary/aromatic N) is 2. The van der Waals surface area contributed by atoms with Crippen LogP contribution in [0.3, 0.4) is 0 Å². The van der Waals surface area contributed by atoms with Crippen molar-refractivity contribution in [3.05, 3.63) is 114 Å². The number of imidazole rings is 1. The van der Waals surface area contributed by atoms with E-state index in [0.29, 0.717) is 23.8 Å². The molecule has 2 N–H and O–H groups in total. The van der Waals surface area contributed by atoms with E-state index in [-0.39, 0.29) is 17.6 Å². The van der Waals surface area contributed by atoms with Crippen molar-refractivity contribution in [1.82, 2.24) is 20.2 Å². The van der Waals surface area contributed by atoms with Gasteiger partial charge in [-0.1, -0.05) is 72.4 Å². The van der Waals surface area contributed by atoms with Crippen LogP contribution in [-0.4, -0.2) is 27.1 Å². The number of hydrogen-bond donors (Lipinski definition) is 2. The van der Waals surface area contributed by atoms with Gasteiger partial charge in [0.15, 0.2) is 5.16 Å². The van der Waals surface area contributed by atoms with Crippen LogP contribution in [0, 0.1) is 0 Å². The average Bonchev–Trinajstić information content (AvgIpc) is 3.35. The summed E-state index contributed by atoms with van der Waals surface area (Å²) in [4.78, 5) is 29.0. The summed E-state index contributed by atoms with van der Waals surface area (Å²) in [6.07, 6.45) is 3.54. The van der Waals surface area contributed by atoms with Gasteiger partial charge in [-0.15, -0.1) is 0 Å². The summed E-state index contributed by atoms with van der Waals surface area (Å²) in [5.74, 6) is 0.0913. The van der Waals surface area contributed by atoms with E-state index in [2.05, 4.69) is 15.6 Å². The molecule has 0 unspecified atom stereocenters. The second-order valence-corrected chi connectivity index (χ2v) is 8.29. The Kier molecular flexibility index (Phi) is 7.56. The van der Waals surface area contributed by atoms with Crippen LogP contribution in [0.25, 0.3) is 5.69 Å². The van der Waals surface area contributed by atoms with Gasteiger partial charge in [-0.3, -0.25) is 14.2 Å². The number of amides is 2. The maximum absolute atomic E-state index is 12.4. The minimum atomic E-state index is -0.124. The SMILES string of the molecule is O=C(CSc1nccn1-c1ccc(C(=O)NCc2ccccc2)cc1)NCc1ccccc1. The minimum absolute atomic E-state index is 0.0520. The van der Waals surface area contributed by atoms with Crippen molar-refractivity contribution in [2.24, 2.45) is 0 Å². The van der Waals surface area contributed by atoms with E-state index < -0.39 is 0 Å². The van der Waals surface area contributed by atoms with Gasteiger partial charge < -0.3 is 10.6 Å². The molecule has 0 spiro atoms. The lowest BCUT2D eigenvalue weighted by Gasteiger charge is -2.10. The molecular formula is C26H24N4O2S. The summed E-state index contributed by atoms with van der Waals surface area (Å²) >= 11 is 1.37. The van der Waals surface area contributed by atoms with E-state index in [1.807, 2.05) is 83.6 Å². The third-order valence-electron chi connectivity index (χ3n) is 4.98. The second-order valence-electron chi connectivity index (χ2n) is 7.35. The van der Waals surface area contributed by atoms with Gasteiger partial charge in [0.05, 0.1) is 5.75 Å². The van der Waals surface area contributed by atoms with Crippen LogP contribution >= 0.6 is 11.8 Å². The number of nitrogens with one attached hydrogen (secondary N) is 2. The number of aromatic nitrogens is 2. The fourth-order valence-electron chi connectivity index (χ4n) is 3.22. The zero-order chi connectivity index (χ0) is 22.9. The van der Waals surface area contributed by atoms with Gasteiger partial charge in [-0.25, -0.2) is 4.98 Å². The van der Waals surface area contributed by atoms with Crippen LogP contribution in [0.4, 0.5) is 0 Å². The first-order valence-electron chi connectivity index (χ1n) is 10.6. The molecule has 33 heavy (non-hydrogen) atoms. The number of hydrogen-bond acceptors (Lipinski definition) is 4. The molecule has 4 aromatic rings. The third kappa shape index (κ3) is 6.33. The molecule has 0 aliphatic rings. The molecule has 2 amide bonds. The monoisotopic (exact) mass is 456 g/mol. The molecule has 0 saturated heterocycles. The first-order valence-corrected chi connectivity index (χ1v) is 11.6. The molecule has 0 aliphatic carbocycles. The Morgan fingerprint density at radius 3 is 2.03 bits per heavy atom. The molecule has 0 saturated carbocycles. The highest BCUT2D eigenvalue weighted by molar-refractivity contribution is 7.99. The van der Waals surface area contributed by atoms with Gasteiger partial charge >= 0.3 is 0 Å². The van der Waals surface area contributed by atoms with Crippen LogP contribution in [-0.2, 0) is 17.9 Å². The van der Waals surface area contributed by atoms with Crippen LogP contribution in [0.15, 0.2) is 102 Å². The summed E-state index contributed by atoms with van der Waals surface area (Å²) in [5.41, 5.74) is 3.57. The highest BCUT2D eigenvalue weighted by Gasteiger charge is 2.11. The summed E-state index contributed by atoms with van der Waals surface area (Å²) in [7, 11) is 0. The summed E-state index contributed by atoms with van der Waals surface area (Å²) < 4.78 is 1.90. The molecule has 0 radical (unpaired) electrons. The fourth-order valence-corrected chi connectivity index (χ4v) is 4.03. The predicted octanol–water partition coefficient (Wildman–Crippen LogP) is 4.21. The van der Waals surface area contributed by atoms with Gasteiger partial charge in [0.1, 0.15) is 0 Å². The Bertz CT molecular complexity index is 1190. The van der Waals surface area contributed by atoms with E-state index in [9.17, 15) is 9.59 Å². The molecule has 0 aliphatic heterocycles. The fraction of sp³-hybridized carbons (Fsp3) is 0.115. The standard InChI is InChI=1S/C26H24N4O2S/c31-24(28-17-20-7-3-1-4-8-20)19-33-26-27-15-16-30(26)23-13-11-22(12-14-23)25(32)29-18-21-9-5-2-6-10-21/h1-16H,17-19H2,(H,28,31)(H,29,32). The quantitative estimate of drug-likeness (QED) is 0.370. The van der Waals surface area contributed by atoms with E-state index >= 15 is 0 Å². The largest absolute Gasteiger partial charge is 0.351 e. The van der Waals surface area contributed by atoms with Crippen molar-refractivity contribution in [3.63, 3.8) is 0 Å². The molecular weight excluding hydrogens is 432 g/mol. The molecule has 7 heteroatoms. The predicted molar refractivity (Wildman–Crippen MR) is 130 cm³/mol. The van der Waals surface area contributed by atoms with E-state index in [1.54, 1.807) is 18.3 Å². The molecule has 0 fully saturated rings. The molecule has 6 nitrogen and oxygen atoms in total. The molecule has 0 bridgehead atoms. The topological polar surface area (TPSA) is 76.0 Å². The number of benzene rings is 3. The van der Waals surface area contributed by atoms with E-state index in [4.69, 9.17) is 0 Å². The Hall–Kier alpha value is -3.84. The van der Waals surface area contributed by atoms with E-state index in [0.717, 1.165) is 16.8 Å². The Balaban J connectivity index is 1.31. The third-order valence-corrected chi connectivity index (χ3v) is 5.94. The lowest BCUT2D eigenvalue weighted by atomic mass is 10.1. The first-order chi connectivity index (χ1) is 16.2. The van der Waals surface area contributed by atoms with Gasteiger partial charge in [-0.05, 0) is 35.4 Å². The Morgan fingerprint density at radius 1 is 0.788 bits per heavy atom. The Labute approximate surface area is 197 Å². The summed E-state index contributed by atoms with van der Waals surface area (Å²) in [6, 6.07) is 26.9. The van der Waals surface area contributed by atoms with Gasteiger partial charge in [0, 0.05) is 36.7 Å². The van der Waals surface area contributed by atoms with Crippen molar-refractivity contribution in [2.75, 3.05) is 5.75 Å². The first kappa shape index (κ1) is 22.4. The summed E-state index contributed by atoms with van der Waals surface area (Å²) in [5, 5.41) is 6.57. The Morgan fingerprint density at radius 2 is 1.39 bits per heavy atom. The minimum Gasteiger partial charge on any atom is -0.351 e. The van der Waals surface area contributed by atoms with Gasteiger partial charge in [0.25, 0.3) is 5.91 Å². The molecule has 3 aromatic carbocycles. The normalized spacial score (nSPS) is 10.5. The molecule has 1 heterocycles. The van der Waals surface area contributed by atoms with Crippen molar-refractivity contribution < 1.29 is 9.59 Å². The number of carbonyl (C=O) groups excluding carboxylic acids is 2. The number of carbonyl (C=O) groups is 2. The second kappa shape index (κ2) is 11.2. The lowest BCUT2D eigenvalue weighted by Crippen LogP contribution is -2.24. The smallest absolute Gasteiger partial charge is 0.251 e. The zero-order valence-electron chi connectivity index (χ0n) is 18.0. The molecule has 166 valence electrons. The maximum atomic E-state index is 12.4. The zero-order valence-corrected chi connectivity index (χ0v) is 18.8. The van der Waals surface area contributed by atoms with Gasteiger partial charge in [0.2, 0.25) is 5.91 Å². The molecule has 1 aromatic heterocycles. The van der Waals surface area contributed by atoms with Crippen LogP contribution in [0.5, 0.6) is 0 Å². The van der Waals surface area contributed by atoms with Crippen molar-refractivity contribution in [1.29, 1.82) is 0 Å². The molecule has 4 rings (SSSR count). The highest BCUT2D eigenvalue weighted by atomic mass is 32.2. The number of rotatable bonds is 9. The van der Waals surface area contributed by atoms with Crippen LogP contribution in [0.1, 0.15) is 21.5 Å². The van der Waals surface area contributed by atoms with Crippen LogP contribution < -0.4 is 10.6 Å². The van der Waals surface area contributed by atoms with Gasteiger partial charge in [-0.2, -0.15) is 0 Å².